The number of carbonyl (C=O) groups excluding carboxylic acids is 1. The number of benzene rings is 1. The summed E-state index contributed by atoms with van der Waals surface area (Å²) in [4.78, 5) is 14.1. The van der Waals surface area contributed by atoms with Gasteiger partial charge >= 0.3 is 0 Å². The molecule has 2 heterocycles. The number of piperidine rings is 1. The Morgan fingerprint density at radius 1 is 1.20 bits per heavy atom. The van der Waals surface area contributed by atoms with Gasteiger partial charge in [-0.3, -0.25) is 4.79 Å². The van der Waals surface area contributed by atoms with Crippen LogP contribution >= 0.6 is 0 Å². The molecule has 2 aliphatic rings. The minimum Gasteiger partial charge on any atom is -0.490 e. The van der Waals surface area contributed by atoms with Gasteiger partial charge in [-0.15, -0.1) is 0 Å². The minimum atomic E-state index is -0.409. The number of carbonyl (C=O) groups is 1. The van der Waals surface area contributed by atoms with E-state index in [2.05, 4.69) is 0 Å². The van der Waals surface area contributed by atoms with Crippen molar-refractivity contribution in [2.24, 2.45) is 0 Å². The molecule has 108 valence electrons. The molecule has 3 rings (SSSR count). The second kappa shape index (κ2) is 5.71. The maximum absolute atomic E-state index is 12.4. The van der Waals surface area contributed by atoms with E-state index in [-0.39, 0.29) is 5.91 Å². The standard InChI is InChI=1S/C15H19NO4/c17-12-3-1-6-16(10-12)15(18)11-4-5-13-14(9-11)20-8-2-7-19-13/h4-5,9,12,17H,1-3,6-8,10H2/t12-/m0/s1. The lowest BCUT2D eigenvalue weighted by atomic mass is 10.1. The monoisotopic (exact) mass is 277 g/mol. The van der Waals surface area contributed by atoms with Gasteiger partial charge in [0, 0.05) is 25.1 Å². The van der Waals surface area contributed by atoms with Crippen LogP contribution in [0.2, 0.25) is 0 Å². The first-order chi connectivity index (χ1) is 9.74. The van der Waals surface area contributed by atoms with Gasteiger partial charge in [0.15, 0.2) is 11.5 Å². The molecule has 0 unspecified atom stereocenters. The van der Waals surface area contributed by atoms with Crippen LogP contribution in [0.25, 0.3) is 0 Å². The molecule has 1 fully saturated rings. The summed E-state index contributed by atoms with van der Waals surface area (Å²) in [5.41, 5.74) is 0.586. The first-order valence-electron chi connectivity index (χ1n) is 7.11. The van der Waals surface area contributed by atoms with E-state index in [0.717, 1.165) is 19.3 Å². The molecule has 1 N–H and O–H groups in total. The van der Waals surface area contributed by atoms with Gasteiger partial charge in [-0.1, -0.05) is 0 Å². The molecular weight excluding hydrogens is 258 g/mol. The van der Waals surface area contributed by atoms with Crippen molar-refractivity contribution >= 4 is 5.91 Å². The summed E-state index contributed by atoms with van der Waals surface area (Å²) < 4.78 is 11.2. The predicted molar refractivity (Wildman–Crippen MR) is 73.2 cm³/mol. The molecule has 20 heavy (non-hydrogen) atoms. The zero-order chi connectivity index (χ0) is 13.9. The Kier molecular flexibility index (Phi) is 3.78. The molecule has 5 heteroatoms. The number of aliphatic hydroxyl groups excluding tert-OH is 1. The maximum Gasteiger partial charge on any atom is 0.254 e. The summed E-state index contributed by atoms with van der Waals surface area (Å²) in [6.07, 6.45) is 2.05. The molecule has 1 atom stereocenters. The second-order valence-electron chi connectivity index (χ2n) is 5.26. The lowest BCUT2D eigenvalue weighted by Gasteiger charge is -2.30. The molecule has 0 saturated carbocycles. The molecule has 0 aliphatic carbocycles. The zero-order valence-corrected chi connectivity index (χ0v) is 11.4. The fraction of sp³-hybridized carbons (Fsp3) is 0.533. The molecule has 2 aliphatic heterocycles. The van der Waals surface area contributed by atoms with Gasteiger partial charge in [-0.2, -0.15) is 0 Å². The minimum absolute atomic E-state index is 0.0561. The van der Waals surface area contributed by atoms with Crippen molar-refractivity contribution in [1.82, 2.24) is 4.90 Å². The number of rotatable bonds is 1. The predicted octanol–water partition coefficient (Wildman–Crippen LogP) is 1.44. The lowest BCUT2D eigenvalue weighted by Crippen LogP contribution is -2.42. The molecule has 0 aromatic heterocycles. The fourth-order valence-corrected chi connectivity index (χ4v) is 2.62. The van der Waals surface area contributed by atoms with Gasteiger partial charge in [0.25, 0.3) is 5.91 Å². The quantitative estimate of drug-likeness (QED) is 0.844. The molecule has 0 radical (unpaired) electrons. The number of likely N-dealkylation sites (tertiary alicyclic amines) is 1. The summed E-state index contributed by atoms with van der Waals surface area (Å²) in [5.74, 6) is 1.27. The van der Waals surface area contributed by atoms with Crippen LogP contribution in [0, 0.1) is 0 Å². The highest BCUT2D eigenvalue weighted by Gasteiger charge is 2.24. The van der Waals surface area contributed by atoms with E-state index in [9.17, 15) is 9.90 Å². The van der Waals surface area contributed by atoms with E-state index < -0.39 is 6.10 Å². The highest BCUT2D eigenvalue weighted by atomic mass is 16.5. The van der Waals surface area contributed by atoms with E-state index in [4.69, 9.17) is 9.47 Å². The summed E-state index contributed by atoms with van der Waals surface area (Å²) >= 11 is 0. The van der Waals surface area contributed by atoms with Gasteiger partial charge in [-0.25, -0.2) is 0 Å². The number of nitrogens with zero attached hydrogens (tertiary/aromatic N) is 1. The Bertz CT molecular complexity index is 503. The van der Waals surface area contributed by atoms with E-state index >= 15 is 0 Å². The average molecular weight is 277 g/mol. The third-order valence-electron chi connectivity index (χ3n) is 3.68. The Balaban J connectivity index is 1.79. The van der Waals surface area contributed by atoms with Gasteiger partial charge in [0.05, 0.1) is 19.3 Å². The third-order valence-corrected chi connectivity index (χ3v) is 3.68. The average Bonchev–Trinajstić information content (AvgIpc) is 2.71. The van der Waals surface area contributed by atoms with Crippen molar-refractivity contribution in [3.8, 4) is 11.5 Å². The largest absolute Gasteiger partial charge is 0.490 e. The summed E-state index contributed by atoms with van der Waals surface area (Å²) in [6.45, 7) is 2.35. The number of amides is 1. The van der Waals surface area contributed by atoms with E-state index in [1.165, 1.54) is 0 Å². The van der Waals surface area contributed by atoms with Gasteiger partial charge in [0.2, 0.25) is 0 Å². The Morgan fingerprint density at radius 3 is 2.80 bits per heavy atom. The molecule has 0 bridgehead atoms. The van der Waals surface area contributed by atoms with Crippen LogP contribution in [0.15, 0.2) is 18.2 Å². The summed E-state index contributed by atoms with van der Waals surface area (Å²) in [6, 6.07) is 5.29. The molecular formula is C15H19NO4. The Morgan fingerprint density at radius 2 is 2.00 bits per heavy atom. The van der Waals surface area contributed by atoms with Crippen LogP contribution in [-0.4, -0.2) is 48.3 Å². The molecule has 5 nitrogen and oxygen atoms in total. The van der Waals surface area contributed by atoms with Crippen molar-refractivity contribution in [2.75, 3.05) is 26.3 Å². The molecule has 0 spiro atoms. The number of hydrogen-bond acceptors (Lipinski definition) is 4. The highest BCUT2D eigenvalue weighted by molar-refractivity contribution is 5.95. The zero-order valence-electron chi connectivity index (χ0n) is 11.4. The lowest BCUT2D eigenvalue weighted by molar-refractivity contribution is 0.0473. The number of hydrogen-bond donors (Lipinski definition) is 1. The topological polar surface area (TPSA) is 59.0 Å². The van der Waals surface area contributed by atoms with Crippen LogP contribution in [0.3, 0.4) is 0 Å². The number of fused-ring (bicyclic) bond motifs is 1. The number of ether oxygens (including phenoxy) is 2. The number of aliphatic hydroxyl groups is 1. The van der Waals surface area contributed by atoms with Crippen molar-refractivity contribution in [3.05, 3.63) is 23.8 Å². The first-order valence-corrected chi connectivity index (χ1v) is 7.11. The second-order valence-corrected chi connectivity index (χ2v) is 5.26. The van der Waals surface area contributed by atoms with Crippen molar-refractivity contribution in [2.45, 2.75) is 25.4 Å². The van der Waals surface area contributed by atoms with Gasteiger partial charge in [-0.05, 0) is 31.0 Å². The van der Waals surface area contributed by atoms with Crippen LogP contribution in [0.1, 0.15) is 29.6 Å². The summed E-state index contributed by atoms with van der Waals surface area (Å²) in [5, 5.41) is 9.67. The number of β-amino-alcohol motifs (C(OH)–C–C–N with tert-alkyl or cyclic N) is 1. The van der Waals surface area contributed by atoms with Crippen molar-refractivity contribution < 1.29 is 19.4 Å². The normalized spacial score (nSPS) is 22.2. The van der Waals surface area contributed by atoms with Gasteiger partial charge < -0.3 is 19.5 Å². The van der Waals surface area contributed by atoms with Crippen LogP contribution in [-0.2, 0) is 0 Å². The molecule has 1 aromatic rings. The molecule has 1 saturated heterocycles. The fourth-order valence-electron chi connectivity index (χ4n) is 2.62. The SMILES string of the molecule is O=C(c1ccc2c(c1)OCCCO2)N1CCC[C@H](O)C1. The Hall–Kier alpha value is -1.75. The molecule has 1 aromatic carbocycles. The van der Waals surface area contributed by atoms with Gasteiger partial charge in [0.1, 0.15) is 0 Å². The van der Waals surface area contributed by atoms with Crippen molar-refractivity contribution in [1.29, 1.82) is 0 Å². The van der Waals surface area contributed by atoms with E-state index in [0.29, 0.717) is 43.4 Å². The highest BCUT2D eigenvalue weighted by Crippen LogP contribution is 2.31. The maximum atomic E-state index is 12.4. The van der Waals surface area contributed by atoms with Crippen molar-refractivity contribution in [3.63, 3.8) is 0 Å². The summed E-state index contributed by atoms with van der Waals surface area (Å²) in [7, 11) is 0. The van der Waals surface area contributed by atoms with E-state index in [1.807, 2.05) is 0 Å². The van der Waals surface area contributed by atoms with Crippen LogP contribution in [0.4, 0.5) is 0 Å². The van der Waals surface area contributed by atoms with Crippen LogP contribution < -0.4 is 9.47 Å². The molecule has 1 amide bonds. The van der Waals surface area contributed by atoms with E-state index in [1.54, 1.807) is 23.1 Å². The van der Waals surface area contributed by atoms with Crippen LogP contribution in [0.5, 0.6) is 11.5 Å². The smallest absolute Gasteiger partial charge is 0.254 e. The third kappa shape index (κ3) is 2.72. The Labute approximate surface area is 118 Å². The first kappa shape index (κ1) is 13.2.